The van der Waals surface area contributed by atoms with E-state index < -0.39 is 6.61 Å². The van der Waals surface area contributed by atoms with E-state index in [0.29, 0.717) is 37.1 Å². The van der Waals surface area contributed by atoms with Crippen LogP contribution in [0.3, 0.4) is 0 Å². The van der Waals surface area contributed by atoms with Crippen molar-refractivity contribution in [1.29, 1.82) is 0 Å². The summed E-state index contributed by atoms with van der Waals surface area (Å²) in [4.78, 5) is 4.49. The Balaban J connectivity index is 0.00000420. The van der Waals surface area contributed by atoms with Gasteiger partial charge in [0.05, 0.1) is 20.8 Å². The van der Waals surface area contributed by atoms with Gasteiger partial charge in [0.25, 0.3) is 0 Å². The molecule has 2 rings (SSSR count). The Hall–Kier alpha value is -2.30. The average molecular weight is 521 g/mol. The lowest BCUT2D eigenvalue weighted by molar-refractivity contribution is -0.0498. The summed E-state index contributed by atoms with van der Waals surface area (Å²) in [5.41, 5.74) is 1.71. The van der Waals surface area contributed by atoms with Crippen LogP contribution in [-0.2, 0) is 13.1 Å². The maximum absolute atomic E-state index is 12.3. The molecule has 6 nitrogen and oxygen atoms in total. The van der Waals surface area contributed by atoms with Crippen molar-refractivity contribution >= 4 is 29.9 Å². The topological polar surface area (TPSA) is 64.1 Å². The molecule has 2 aromatic rings. The van der Waals surface area contributed by atoms with Crippen molar-refractivity contribution in [3.63, 3.8) is 0 Å². The number of guanidine groups is 1. The lowest BCUT2D eigenvalue weighted by Crippen LogP contribution is -2.36. The number of methoxy groups -OCH3 is 2. The molecule has 0 atom stereocenters. The van der Waals surface area contributed by atoms with Crippen LogP contribution in [-0.4, -0.2) is 33.3 Å². The second-order valence-electron chi connectivity index (χ2n) is 5.75. The second-order valence-corrected chi connectivity index (χ2v) is 5.75. The van der Waals surface area contributed by atoms with Crippen molar-refractivity contribution in [2.45, 2.75) is 26.6 Å². The molecule has 160 valence electrons. The Kier molecular flexibility index (Phi) is 11.1. The van der Waals surface area contributed by atoms with Gasteiger partial charge in [-0.2, -0.15) is 8.78 Å². The lowest BCUT2D eigenvalue weighted by atomic mass is 10.2. The number of halogens is 3. The maximum atomic E-state index is 12.3. The van der Waals surface area contributed by atoms with Gasteiger partial charge in [-0.05, 0) is 36.8 Å². The molecule has 0 aliphatic rings. The number of benzene rings is 2. The molecule has 0 unspecified atom stereocenters. The molecule has 9 heteroatoms. The van der Waals surface area contributed by atoms with Crippen LogP contribution in [0, 0.1) is 0 Å². The molecular formula is C20H26F2IN3O3. The van der Waals surface area contributed by atoms with Gasteiger partial charge in [0.1, 0.15) is 17.2 Å². The van der Waals surface area contributed by atoms with Crippen LogP contribution in [0.2, 0.25) is 0 Å². The molecule has 0 aliphatic heterocycles. The molecule has 29 heavy (non-hydrogen) atoms. The van der Waals surface area contributed by atoms with Crippen molar-refractivity contribution in [3.05, 3.63) is 53.6 Å². The summed E-state index contributed by atoms with van der Waals surface area (Å²) in [6, 6.07) is 12.1. The van der Waals surface area contributed by atoms with Gasteiger partial charge in [-0.15, -0.1) is 24.0 Å². The van der Waals surface area contributed by atoms with Crippen molar-refractivity contribution in [3.8, 4) is 17.2 Å². The highest BCUT2D eigenvalue weighted by Gasteiger charge is 2.07. The molecule has 2 aromatic carbocycles. The van der Waals surface area contributed by atoms with Crippen LogP contribution < -0.4 is 24.8 Å². The summed E-state index contributed by atoms with van der Waals surface area (Å²) in [5.74, 6) is 2.14. The summed E-state index contributed by atoms with van der Waals surface area (Å²) < 4.78 is 39.7. The van der Waals surface area contributed by atoms with E-state index in [1.807, 2.05) is 25.1 Å². The lowest BCUT2D eigenvalue weighted by Gasteiger charge is -2.14. The molecule has 0 aliphatic carbocycles. The van der Waals surface area contributed by atoms with E-state index in [1.165, 1.54) is 6.07 Å². The van der Waals surface area contributed by atoms with Crippen molar-refractivity contribution < 1.29 is 23.0 Å². The Labute approximate surface area is 186 Å². The number of ether oxygens (including phenoxy) is 3. The molecular weight excluding hydrogens is 495 g/mol. The van der Waals surface area contributed by atoms with Gasteiger partial charge in [-0.3, -0.25) is 0 Å². The SMILES string of the molecule is CCNC(=NCc1cccc(OC(F)F)c1)NCc1ccc(OC)cc1OC.I. The van der Waals surface area contributed by atoms with Crippen LogP contribution in [0.4, 0.5) is 8.78 Å². The third-order valence-electron chi connectivity index (χ3n) is 3.83. The Bertz CT molecular complexity index is 791. The number of nitrogens with one attached hydrogen (secondary N) is 2. The molecule has 0 saturated heterocycles. The first-order valence-electron chi connectivity index (χ1n) is 8.82. The highest BCUT2D eigenvalue weighted by molar-refractivity contribution is 14.0. The number of hydrogen-bond donors (Lipinski definition) is 2. The Morgan fingerprint density at radius 3 is 2.48 bits per heavy atom. The van der Waals surface area contributed by atoms with E-state index in [9.17, 15) is 8.78 Å². The third kappa shape index (κ3) is 8.30. The van der Waals surface area contributed by atoms with Crippen molar-refractivity contribution in [2.75, 3.05) is 20.8 Å². The van der Waals surface area contributed by atoms with Crippen LogP contribution in [0.5, 0.6) is 17.2 Å². The van der Waals surface area contributed by atoms with Gasteiger partial charge < -0.3 is 24.8 Å². The van der Waals surface area contributed by atoms with Crippen molar-refractivity contribution in [1.82, 2.24) is 10.6 Å². The first-order valence-corrected chi connectivity index (χ1v) is 8.82. The zero-order valence-electron chi connectivity index (χ0n) is 16.6. The normalized spacial score (nSPS) is 10.9. The molecule has 2 N–H and O–H groups in total. The summed E-state index contributed by atoms with van der Waals surface area (Å²) in [7, 11) is 3.20. The smallest absolute Gasteiger partial charge is 0.387 e. The van der Waals surface area contributed by atoms with E-state index in [1.54, 1.807) is 32.4 Å². The van der Waals surface area contributed by atoms with E-state index in [0.717, 1.165) is 11.1 Å². The molecule has 0 heterocycles. The number of hydrogen-bond acceptors (Lipinski definition) is 4. The number of nitrogens with zero attached hydrogens (tertiary/aromatic N) is 1. The highest BCUT2D eigenvalue weighted by atomic mass is 127. The molecule has 0 fully saturated rings. The maximum Gasteiger partial charge on any atom is 0.387 e. The summed E-state index contributed by atoms with van der Waals surface area (Å²) >= 11 is 0. The Morgan fingerprint density at radius 1 is 1.03 bits per heavy atom. The fraction of sp³-hybridized carbons (Fsp3) is 0.350. The highest BCUT2D eigenvalue weighted by Crippen LogP contribution is 2.24. The minimum absolute atomic E-state index is 0. The predicted molar refractivity (Wildman–Crippen MR) is 120 cm³/mol. The van der Waals surface area contributed by atoms with Crippen LogP contribution >= 0.6 is 24.0 Å². The zero-order chi connectivity index (χ0) is 20.4. The van der Waals surface area contributed by atoms with Gasteiger partial charge in [-0.25, -0.2) is 4.99 Å². The van der Waals surface area contributed by atoms with E-state index in [-0.39, 0.29) is 29.7 Å². The third-order valence-corrected chi connectivity index (χ3v) is 3.83. The summed E-state index contributed by atoms with van der Waals surface area (Å²) in [5, 5.41) is 6.39. The monoisotopic (exact) mass is 521 g/mol. The second kappa shape index (κ2) is 13.0. The predicted octanol–water partition coefficient (Wildman–Crippen LogP) is 4.18. The molecule has 0 amide bonds. The van der Waals surface area contributed by atoms with Gasteiger partial charge in [-0.1, -0.05) is 12.1 Å². The summed E-state index contributed by atoms with van der Waals surface area (Å²) in [6.07, 6.45) is 0. The largest absolute Gasteiger partial charge is 0.497 e. The van der Waals surface area contributed by atoms with Crippen LogP contribution in [0.15, 0.2) is 47.5 Å². The number of alkyl halides is 2. The average Bonchev–Trinajstić information content (AvgIpc) is 2.69. The van der Waals surface area contributed by atoms with Gasteiger partial charge in [0, 0.05) is 24.7 Å². The quantitative estimate of drug-likeness (QED) is 0.295. The first kappa shape index (κ1) is 24.7. The summed E-state index contributed by atoms with van der Waals surface area (Å²) in [6.45, 7) is 0.600. The molecule has 0 bridgehead atoms. The number of rotatable bonds is 9. The van der Waals surface area contributed by atoms with Gasteiger partial charge in [0.2, 0.25) is 0 Å². The molecule has 0 radical (unpaired) electrons. The van der Waals surface area contributed by atoms with Crippen molar-refractivity contribution in [2.24, 2.45) is 4.99 Å². The minimum Gasteiger partial charge on any atom is -0.497 e. The first-order chi connectivity index (χ1) is 13.5. The van der Waals surface area contributed by atoms with Gasteiger partial charge in [0.15, 0.2) is 5.96 Å². The molecule has 0 aromatic heterocycles. The fourth-order valence-electron chi connectivity index (χ4n) is 2.51. The zero-order valence-corrected chi connectivity index (χ0v) is 18.9. The Morgan fingerprint density at radius 2 is 1.83 bits per heavy atom. The van der Waals surface area contributed by atoms with Gasteiger partial charge >= 0.3 is 6.61 Å². The molecule has 0 spiro atoms. The number of aliphatic imine (C=N–C) groups is 1. The standard InChI is InChI=1S/C20H25F2N3O3.HI/c1-4-23-20(24-12-14-6-5-7-17(10-14)28-19(21)22)25-13-15-8-9-16(26-2)11-18(15)27-3;/h5-11,19H,4,12-13H2,1-3H3,(H2,23,24,25);1H. The molecule has 0 saturated carbocycles. The van der Waals surface area contributed by atoms with E-state index in [2.05, 4.69) is 20.4 Å². The van der Waals surface area contributed by atoms with E-state index >= 15 is 0 Å². The minimum atomic E-state index is -2.85. The van der Waals surface area contributed by atoms with Crippen LogP contribution in [0.1, 0.15) is 18.1 Å². The fourth-order valence-corrected chi connectivity index (χ4v) is 2.51. The van der Waals surface area contributed by atoms with E-state index in [4.69, 9.17) is 9.47 Å². The van der Waals surface area contributed by atoms with Crippen LogP contribution in [0.25, 0.3) is 0 Å².